The van der Waals surface area contributed by atoms with Gasteiger partial charge in [-0.2, -0.15) is 0 Å². The molecule has 0 aliphatic rings. The van der Waals surface area contributed by atoms with Crippen molar-refractivity contribution in [2.75, 3.05) is 13.6 Å². The number of rotatable bonds is 3. The lowest BCUT2D eigenvalue weighted by Gasteiger charge is -2.00. The number of aromatic nitrogens is 1. The summed E-state index contributed by atoms with van der Waals surface area (Å²) < 4.78 is 0. The zero-order valence-electron chi connectivity index (χ0n) is 8.17. The molecule has 1 aromatic heterocycles. The molecule has 14 heavy (non-hydrogen) atoms. The average Bonchev–Trinajstić information content (AvgIpc) is 2.59. The van der Waals surface area contributed by atoms with E-state index in [-0.39, 0.29) is 0 Å². The number of nitrogens with one attached hydrogen (secondary N) is 2. The molecule has 0 saturated carbocycles. The fraction of sp³-hybridized carbons (Fsp3) is 0.273. The molecule has 3 heteroatoms. The molecule has 1 heterocycles. The van der Waals surface area contributed by atoms with Gasteiger partial charge in [-0.05, 0) is 37.7 Å². The molecule has 0 atom stereocenters. The number of benzene rings is 1. The summed E-state index contributed by atoms with van der Waals surface area (Å²) in [6, 6.07) is 5.53. The third-order valence-corrected chi connectivity index (χ3v) is 2.41. The number of aromatic hydroxyl groups is 1. The van der Waals surface area contributed by atoms with E-state index in [1.54, 1.807) is 6.07 Å². The van der Waals surface area contributed by atoms with Crippen molar-refractivity contribution in [2.24, 2.45) is 0 Å². The van der Waals surface area contributed by atoms with E-state index < -0.39 is 0 Å². The monoisotopic (exact) mass is 190 g/mol. The van der Waals surface area contributed by atoms with Gasteiger partial charge in [-0.3, -0.25) is 0 Å². The highest BCUT2D eigenvalue weighted by Gasteiger charge is 2.06. The van der Waals surface area contributed by atoms with E-state index >= 15 is 0 Å². The van der Waals surface area contributed by atoms with Crippen LogP contribution >= 0.6 is 0 Å². The van der Waals surface area contributed by atoms with Gasteiger partial charge in [-0.25, -0.2) is 0 Å². The van der Waals surface area contributed by atoms with Crippen molar-refractivity contribution in [3.8, 4) is 5.75 Å². The van der Waals surface area contributed by atoms with E-state index in [0.29, 0.717) is 5.75 Å². The van der Waals surface area contributed by atoms with Gasteiger partial charge < -0.3 is 15.4 Å². The van der Waals surface area contributed by atoms with Gasteiger partial charge in [0.15, 0.2) is 0 Å². The van der Waals surface area contributed by atoms with Crippen LogP contribution in [0.3, 0.4) is 0 Å². The molecule has 0 fully saturated rings. The summed E-state index contributed by atoms with van der Waals surface area (Å²) >= 11 is 0. The zero-order valence-corrected chi connectivity index (χ0v) is 8.17. The minimum atomic E-state index is 0.356. The van der Waals surface area contributed by atoms with E-state index in [1.165, 1.54) is 0 Å². The summed E-state index contributed by atoms with van der Waals surface area (Å²) in [4.78, 5) is 3.15. The molecule has 3 N–H and O–H groups in total. The zero-order chi connectivity index (χ0) is 9.97. The van der Waals surface area contributed by atoms with Crippen LogP contribution in [-0.2, 0) is 6.42 Å². The topological polar surface area (TPSA) is 48.0 Å². The summed E-state index contributed by atoms with van der Waals surface area (Å²) in [5, 5.41) is 13.7. The Morgan fingerprint density at radius 3 is 3.07 bits per heavy atom. The van der Waals surface area contributed by atoms with Crippen LogP contribution in [0.1, 0.15) is 5.56 Å². The number of hydrogen-bond donors (Lipinski definition) is 3. The van der Waals surface area contributed by atoms with Gasteiger partial charge in [0, 0.05) is 17.1 Å². The van der Waals surface area contributed by atoms with Crippen LogP contribution in [0.25, 0.3) is 10.9 Å². The first-order valence-corrected chi connectivity index (χ1v) is 4.75. The van der Waals surface area contributed by atoms with Crippen molar-refractivity contribution >= 4 is 10.9 Å². The number of phenolic OH excluding ortho intramolecular Hbond substituents is 1. The minimum Gasteiger partial charge on any atom is -0.507 e. The highest BCUT2D eigenvalue weighted by atomic mass is 16.3. The van der Waals surface area contributed by atoms with Gasteiger partial charge in [0.05, 0.1) is 0 Å². The molecule has 0 unspecified atom stereocenters. The second-order valence-electron chi connectivity index (χ2n) is 3.37. The Kier molecular flexibility index (Phi) is 2.41. The third kappa shape index (κ3) is 1.46. The molecule has 0 spiro atoms. The number of aromatic amines is 1. The predicted molar refractivity (Wildman–Crippen MR) is 57.6 cm³/mol. The summed E-state index contributed by atoms with van der Waals surface area (Å²) in [7, 11) is 1.93. The lowest BCUT2D eigenvalue weighted by molar-refractivity contribution is 0.481. The summed E-state index contributed by atoms with van der Waals surface area (Å²) in [6.07, 6.45) is 2.88. The van der Waals surface area contributed by atoms with E-state index in [2.05, 4.69) is 10.3 Å². The average molecular weight is 190 g/mol. The largest absolute Gasteiger partial charge is 0.507 e. The van der Waals surface area contributed by atoms with E-state index in [4.69, 9.17) is 0 Å². The van der Waals surface area contributed by atoms with Crippen molar-refractivity contribution in [3.63, 3.8) is 0 Å². The number of phenols is 1. The number of H-pyrrole nitrogens is 1. The molecule has 0 aliphatic heterocycles. The molecule has 0 saturated heterocycles. The first-order chi connectivity index (χ1) is 6.83. The molecular formula is C11H14N2O. The Bertz CT molecular complexity index is 434. The molecule has 0 aliphatic carbocycles. The van der Waals surface area contributed by atoms with Gasteiger partial charge in [0.2, 0.25) is 0 Å². The second-order valence-corrected chi connectivity index (χ2v) is 3.37. The Morgan fingerprint density at radius 2 is 2.29 bits per heavy atom. The second kappa shape index (κ2) is 3.72. The van der Waals surface area contributed by atoms with Gasteiger partial charge >= 0.3 is 0 Å². The maximum Gasteiger partial charge on any atom is 0.125 e. The van der Waals surface area contributed by atoms with Crippen molar-refractivity contribution in [2.45, 2.75) is 6.42 Å². The number of likely N-dealkylation sites (N-methyl/N-ethyl adjacent to an activating group) is 1. The first-order valence-electron chi connectivity index (χ1n) is 4.75. The van der Waals surface area contributed by atoms with Gasteiger partial charge in [0.1, 0.15) is 5.75 Å². The van der Waals surface area contributed by atoms with Crippen molar-refractivity contribution in [1.29, 1.82) is 0 Å². The highest BCUT2D eigenvalue weighted by molar-refractivity contribution is 5.88. The summed E-state index contributed by atoms with van der Waals surface area (Å²) in [5.74, 6) is 0.356. The smallest absolute Gasteiger partial charge is 0.125 e. The lowest BCUT2D eigenvalue weighted by Crippen LogP contribution is -2.09. The quantitative estimate of drug-likeness (QED) is 0.689. The van der Waals surface area contributed by atoms with Crippen LogP contribution in [0.5, 0.6) is 5.75 Å². The Hall–Kier alpha value is -1.48. The van der Waals surface area contributed by atoms with Crippen molar-refractivity contribution < 1.29 is 5.11 Å². The maximum atomic E-state index is 9.70. The molecule has 2 rings (SSSR count). The lowest BCUT2D eigenvalue weighted by atomic mass is 10.1. The van der Waals surface area contributed by atoms with E-state index in [9.17, 15) is 5.11 Å². The van der Waals surface area contributed by atoms with Crippen LogP contribution < -0.4 is 5.32 Å². The molecule has 74 valence electrons. The molecule has 0 radical (unpaired) electrons. The van der Waals surface area contributed by atoms with Crippen LogP contribution in [0.2, 0.25) is 0 Å². The van der Waals surface area contributed by atoms with E-state index in [1.807, 2.05) is 25.4 Å². The molecular weight excluding hydrogens is 176 g/mol. The van der Waals surface area contributed by atoms with Gasteiger partial charge in [-0.1, -0.05) is 6.07 Å². The Labute approximate surface area is 82.8 Å². The molecule has 0 bridgehead atoms. The first kappa shape index (κ1) is 9.09. The fourth-order valence-corrected chi connectivity index (χ4v) is 1.69. The normalized spacial score (nSPS) is 10.9. The van der Waals surface area contributed by atoms with Crippen molar-refractivity contribution in [3.05, 3.63) is 30.0 Å². The Balaban J connectivity index is 2.45. The van der Waals surface area contributed by atoms with Crippen LogP contribution in [0, 0.1) is 0 Å². The van der Waals surface area contributed by atoms with Crippen LogP contribution in [0.15, 0.2) is 24.4 Å². The van der Waals surface area contributed by atoms with Crippen LogP contribution in [0.4, 0.5) is 0 Å². The highest BCUT2D eigenvalue weighted by Crippen LogP contribution is 2.27. The van der Waals surface area contributed by atoms with Crippen molar-refractivity contribution in [1.82, 2.24) is 10.3 Å². The van der Waals surface area contributed by atoms with E-state index in [0.717, 1.165) is 29.4 Å². The number of hydrogen-bond acceptors (Lipinski definition) is 2. The number of fused-ring (bicyclic) bond motifs is 1. The Morgan fingerprint density at radius 1 is 1.43 bits per heavy atom. The molecule has 3 nitrogen and oxygen atoms in total. The third-order valence-electron chi connectivity index (χ3n) is 2.41. The van der Waals surface area contributed by atoms with Gasteiger partial charge in [0.25, 0.3) is 0 Å². The van der Waals surface area contributed by atoms with Gasteiger partial charge in [-0.15, -0.1) is 0 Å². The van der Waals surface area contributed by atoms with Crippen LogP contribution in [-0.4, -0.2) is 23.7 Å². The summed E-state index contributed by atoms with van der Waals surface area (Å²) in [5.41, 5.74) is 2.16. The minimum absolute atomic E-state index is 0.356. The standard InChI is InChI=1S/C11H14N2O/c1-12-6-5-8-7-13-9-3-2-4-10(14)11(8)9/h2-4,7,12-14H,5-6H2,1H3. The molecule has 0 amide bonds. The predicted octanol–water partition coefficient (Wildman–Crippen LogP) is 1.64. The SMILES string of the molecule is CNCCc1c[nH]c2cccc(O)c12. The fourth-order valence-electron chi connectivity index (χ4n) is 1.69. The molecule has 1 aromatic carbocycles. The summed E-state index contributed by atoms with van der Waals surface area (Å²) in [6.45, 7) is 0.918. The maximum absolute atomic E-state index is 9.70. The molecule has 2 aromatic rings.